The molecule has 4 N–H and O–H groups in total. The number of H-pyrrole nitrogens is 2. The van der Waals surface area contributed by atoms with Crippen LogP contribution < -0.4 is 11.3 Å². The Balaban J connectivity index is 2.57. The van der Waals surface area contributed by atoms with Crippen LogP contribution in [-0.2, 0) is 0 Å². The van der Waals surface area contributed by atoms with Crippen LogP contribution in [0.2, 0.25) is 0 Å². The number of pyridine rings is 1. The Morgan fingerprint density at radius 3 is 2.67 bits per heavy atom. The molecule has 0 aliphatic carbocycles. The summed E-state index contributed by atoms with van der Waals surface area (Å²) in [7, 11) is 0. The number of fused-ring (bicyclic) bond motifs is 3. The maximum atomic E-state index is 11.1. The second kappa shape index (κ2) is 2.63. The van der Waals surface area contributed by atoms with Crippen molar-refractivity contribution in [1.29, 1.82) is 0 Å². The molecule has 3 rings (SSSR count). The molecule has 0 aliphatic rings. The fourth-order valence-electron chi connectivity index (χ4n) is 1.83. The highest BCUT2D eigenvalue weighted by molar-refractivity contribution is 6.06. The zero-order chi connectivity index (χ0) is 10.4. The Hall–Kier alpha value is -2.23. The number of hydrogen-bond acceptors (Lipinski definition) is 2. The summed E-state index contributed by atoms with van der Waals surface area (Å²) in [4.78, 5) is 17.0. The van der Waals surface area contributed by atoms with Crippen molar-refractivity contribution in [3.8, 4) is 0 Å². The van der Waals surface area contributed by atoms with Crippen LogP contribution in [-0.4, -0.2) is 9.97 Å². The lowest BCUT2D eigenvalue weighted by Crippen LogP contribution is -2.01. The van der Waals surface area contributed by atoms with Crippen molar-refractivity contribution in [3.05, 3.63) is 40.7 Å². The molecule has 0 radical (unpaired) electrons. The van der Waals surface area contributed by atoms with E-state index in [9.17, 15) is 4.79 Å². The van der Waals surface area contributed by atoms with E-state index in [0.29, 0.717) is 5.69 Å². The summed E-state index contributed by atoms with van der Waals surface area (Å²) in [5.74, 6) is 0. The number of hydrogen-bond donors (Lipinski definition) is 3. The molecular weight excluding hydrogens is 190 g/mol. The third-order valence-electron chi connectivity index (χ3n) is 2.51. The van der Waals surface area contributed by atoms with Gasteiger partial charge in [-0.2, -0.15) is 0 Å². The zero-order valence-electron chi connectivity index (χ0n) is 7.87. The molecule has 3 aromatic rings. The first-order valence-corrected chi connectivity index (χ1v) is 4.64. The number of benzene rings is 1. The molecule has 0 aliphatic heterocycles. The Morgan fingerprint density at radius 1 is 1.00 bits per heavy atom. The number of nitrogens with one attached hydrogen (secondary N) is 2. The molecule has 0 saturated carbocycles. The van der Waals surface area contributed by atoms with Gasteiger partial charge in [0, 0.05) is 28.0 Å². The Bertz CT molecular complexity index is 708. The van der Waals surface area contributed by atoms with Crippen molar-refractivity contribution in [2.45, 2.75) is 0 Å². The van der Waals surface area contributed by atoms with Gasteiger partial charge in [-0.25, -0.2) is 0 Å². The molecule has 4 nitrogen and oxygen atoms in total. The quantitative estimate of drug-likeness (QED) is 0.481. The summed E-state index contributed by atoms with van der Waals surface area (Å²) >= 11 is 0. The molecule has 0 saturated heterocycles. The monoisotopic (exact) mass is 199 g/mol. The first-order chi connectivity index (χ1) is 7.24. The molecule has 2 heterocycles. The first-order valence-electron chi connectivity index (χ1n) is 4.64. The van der Waals surface area contributed by atoms with Gasteiger partial charge >= 0.3 is 0 Å². The normalized spacial score (nSPS) is 11.2. The summed E-state index contributed by atoms with van der Waals surface area (Å²) in [5.41, 5.74) is 7.96. The van der Waals surface area contributed by atoms with E-state index < -0.39 is 0 Å². The van der Waals surface area contributed by atoms with E-state index >= 15 is 0 Å². The molecule has 0 unspecified atom stereocenters. The standard InChI is InChI=1S/C11H9N3O/c12-6-1-2-7-8-3-4-10(15)14-11(8)13-9(7)5-6/h1-5H,12H2,(H2,13,14,15). The Labute approximate surface area is 84.7 Å². The highest BCUT2D eigenvalue weighted by atomic mass is 16.1. The summed E-state index contributed by atoms with van der Waals surface area (Å²) in [6.07, 6.45) is 0. The molecule has 1 aromatic carbocycles. The molecule has 0 amide bonds. The van der Waals surface area contributed by atoms with Gasteiger partial charge in [-0.15, -0.1) is 0 Å². The average molecular weight is 199 g/mol. The third-order valence-corrected chi connectivity index (χ3v) is 2.51. The van der Waals surface area contributed by atoms with Crippen molar-refractivity contribution in [1.82, 2.24) is 9.97 Å². The molecule has 2 aromatic heterocycles. The van der Waals surface area contributed by atoms with Gasteiger partial charge < -0.3 is 15.7 Å². The molecular formula is C11H9N3O. The van der Waals surface area contributed by atoms with Gasteiger partial charge in [-0.1, -0.05) is 6.07 Å². The zero-order valence-corrected chi connectivity index (χ0v) is 7.87. The first kappa shape index (κ1) is 8.11. The number of nitrogen functional groups attached to an aromatic ring is 1. The fourth-order valence-corrected chi connectivity index (χ4v) is 1.83. The van der Waals surface area contributed by atoms with Crippen molar-refractivity contribution in [2.24, 2.45) is 0 Å². The van der Waals surface area contributed by atoms with E-state index in [1.54, 1.807) is 0 Å². The van der Waals surface area contributed by atoms with Crippen molar-refractivity contribution < 1.29 is 0 Å². The summed E-state index contributed by atoms with van der Waals surface area (Å²) < 4.78 is 0. The van der Waals surface area contributed by atoms with Crippen LogP contribution in [0.3, 0.4) is 0 Å². The van der Waals surface area contributed by atoms with Crippen LogP contribution in [0.4, 0.5) is 5.69 Å². The van der Waals surface area contributed by atoms with Crippen LogP contribution in [0, 0.1) is 0 Å². The smallest absolute Gasteiger partial charge is 0.249 e. The number of anilines is 1. The highest BCUT2D eigenvalue weighted by Gasteiger charge is 2.03. The van der Waals surface area contributed by atoms with Crippen LogP contribution in [0.1, 0.15) is 0 Å². The SMILES string of the molecule is Nc1ccc2c(c1)[nH]c1[nH]c(=O)ccc12. The van der Waals surface area contributed by atoms with Gasteiger partial charge in [-0.05, 0) is 18.2 Å². The minimum atomic E-state index is -0.109. The summed E-state index contributed by atoms with van der Waals surface area (Å²) in [5, 5.41) is 2.07. The largest absolute Gasteiger partial charge is 0.399 e. The van der Waals surface area contributed by atoms with E-state index in [2.05, 4.69) is 9.97 Å². The lowest BCUT2D eigenvalue weighted by Gasteiger charge is -1.92. The molecule has 0 atom stereocenters. The van der Waals surface area contributed by atoms with Gasteiger partial charge in [0.2, 0.25) is 5.56 Å². The van der Waals surface area contributed by atoms with Crippen LogP contribution in [0.25, 0.3) is 21.9 Å². The molecule has 4 heteroatoms. The van der Waals surface area contributed by atoms with Crippen molar-refractivity contribution in [2.75, 3.05) is 5.73 Å². The van der Waals surface area contributed by atoms with E-state index in [1.165, 1.54) is 6.07 Å². The predicted octanol–water partition coefficient (Wildman–Crippen LogP) is 1.59. The van der Waals surface area contributed by atoms with E-state index in [-0.39, 0.29) is 5.56 Å². The van der Waals surface area contributed by atoms with E-state index in [4.69, 9.17) is 5.73 Å². The van der Waals surface area contributed by atoms with Gasteiger partial charge in [0.15, 0.2) is 0 Å². The van der Waals surface area contributed by atoms with Crippen LogP contribution in [0.5, 0.6) is 0 Å². The number of aromatic amines is 2. The van der Waals surface area contributed by atoms with Gasteiger partial charge in [0.1, 0.15) is 5.65 Å². The predicted molar refractivity (Wildman–Crippen MR) is 60.8 cm³/mol. The van der Waals surface area contributed by atoms with Crippen molar-refractivity contribution >= 4 is 27.6 Å². The second-order valence-corrected chi connectivity index (χ2v) is 3.54. The maximum absolute atomic E-state index is 11.1. The van der Waals surface area contributed by atoms with Crippen molar-refractivity contribution in [3.63, 3.8) is 0 Å². The Kier molecular flexibility index (Phi) is 1.42. The topological polar surface area (TPSA) is 74.7 Å². The fraction of sp³-hybridized carbons (Fsp3) is 0. The Morgan fingerprint density at radius 2 is 1.80 bits per heavy atom. The average Bonchev–Trinajstić information content (AvgIpc) is 2.53. The minimum absolute atomic E-state index is 0.109. The molecule has 0 fully saturated rings. The van der Waals surface area contributed by atoms with Crippen LogP contribution in [0.15, 0.2) is 35.1 Å². The van der Waals surface area contributed by atoms with E-state index in [0.717, 1.165) is 21.9 Å². The lowest BCUT2D eigenvalue weighted by molar-refractivity contribution is 1.27. The molecule has 0 spiro atoms. The number of nitrogens with two attached hydrogens (primary N) is 1. The number of rotatable bonds is 0. The number of aromatic nitrogens is 2. The summed E-state index contributed by atoms with van der Waals surface area (Å²) in [6.45, 7) is 0. The third kappa shape index (κ3) is 1.11. The second-order valence-electron chi connectivity index (χ2n) is 3.54. The molecule has 74 valence electrons. The maximum Gasteiger partial charge on any atom is 0.249 e. The molecule has 15 heavy (non-hydrogen) atoms. The van der Waals surface area contributed by atoms with Crippen LogP contribution >= 0.6 is 0 Å². The minimum Gasteiger partial charge on any atom is -0.399 e. The van der Waals surface area contributed by atoms with E-state index in [1.807, 2.05) is 24.3 Å². The lowest BCUT2D eigenvalue weighted by atomic mass is 10.2. The van der Waals surface area contributed by atoms with Gasteiger partial charge in [0.05, 0.1) is 0 Å². The summed E-state index contributed by atoms with van der Waals surface area (Å²) in [6, 6.07) is 8.98. The highest BCUT2D eigenvalue weighted by Crippen LogP contribution is 2.24. The van der Waals surface area contributed by atoms with Gasteiger partial charge in [0.25, 0.3) is 0 Å². The van der Waals surface area contributed by atoms with Gasteiger partial charge in [-0.3, -0.25) is 4.79 Å². The molecule has 0 bridgehead atoms.